The van der Waals surface area contributed by atoms with E-state index in [1.165, 1.54) is 17.4 Å². The van der Waals surface area contributed by atoms with E-state index in [0.29, 0.717) is 35.9 Å². The lowest BCUT2D eigenvalue weighted by molar-refractivity contribution is 0.101. The summed E-state index contributed by atoms with van der Waals surface area (Å²) in [7, 11) is 1.57. The molecular weight excluding hydrogens is 381 g/mol. The lowest BCUT2D eigenvalue weighted by Gasteiger charge is -2.09. The molecule has 0 radical (unpaired) electrons. The number of thiazole rings is 1. The van der Waals surface area contributed by atoms with Crippen molar-refractivity contribution >= 4 is 22.4 Å². The summed E-state index contributed by atoms with van der Waals surface area (Å²) >= 11 is 1.34. The van der Waals surface area contributed by atoms with Crippen LogP contribution in [-0.2, 0) is 11.2 Å². The first-order valence-electron chi connectivity index (χ1n) is 8.64. The zero-order valence-corrected chi connectivity index (χ0v) is 16.4. The van der Waals surface area contributed by atoms with E-state index < -0.39 is 0 Å². The third kappa shape index (κ3) is 5.11. The number of anilines is 1. The number of ether oxygens (including phenoxy) is 2. The van der Waals surface area contributed by atoms with Crippen molar-refractivity contribution in [2.75, 3.05) is 25.6 Å². The summed E-state index contributed by atoms with van der Waals surface area (Å²) in [6.45, 7) is 2.42. The Kier molecular flexibility index (Phi) is 6.67. The Morgan fingerprint density at radius 1 is 1.25 bits per heavy atom. The van der Waals surface area contributed by atoms with Crippen molar-refractivity contribution in [3.8, 4) is 5.88 Å². The molecule has 3 rings (SSSR count). The van der Waals surface area contributed by atoms with Gasteiger partial charge in [0, 0.05) is 30.8 Å². The minimum atomic E-state index is -0.359. The number of hydrogen-bond acceptors (Lipinski definition) is 6. The van der Waals surface area contributed by atoms with Gasteiger partial charge in [0.2, 0.25) is 5.88 Å². The largest absolute Gasteiger partial charge is 0.475 e. The molecule has 0 aliphatic rings. The third-order valence-electron chi connectivity index (χ3n) is 3.93. The highest BCUT2D eigenvalue weighted by Crippen LogP contribution is 2.24. The Morgan fingerprint density at radius 2 is 2.11 bits per heavy atom. The normalized spacial score (nSPS) is 10.7. The molecular formula is C20H20FN3O3S. The summed E-state index contributed by atoms with van der Waals surface area (Å²) in [5.74, 6) is -0.347. The minimum absolute atomic E-state index is 0.229. The molecule has 0 aliphatic carbocycles. The molecule has 0 aliphatic heterocycles. The van der Waals surface area contributed by atoms with Gasteiger partial charge in [-0.2, -0.15) is 0 Å². The summed E-state index contributed by atoms with van der Waals surface area (Å²) in [4.78, 5) is 21.8. The maximum Gasteiger partial charge on any atom is 0.262 e. The van der Waals surface area contributed by atoms with Crippen molar-refractivity contribution in [3.05, 3.63) is 70.1 Å². The lowest BCUT2D eigenvalue weighted by Crippen LogP contribution is -2.15. The van der Waals surface area contributed by atoms with Crippen molar-refractivity contribution < 1.29 is 18.7 Å². The summed E-state index contributed by atoms with van der Waals surface area (Å²) in [5.41, 5.74) is 1.78. The zero-order valence-electron chi connectivity index (χ0n) is 15.6. The lowest BCUT2D eigenvalue weighted by atomic mass is 10.1. The number of carbonyl (C=O) groups is 1. The van der Waals surface area contributed by atoms with E-state index in [1.54, 1.807) is 44.6 Å². The second kappa shape index (κ2) is 9.38. The van der Waals surface area contributed by atoms with Gasteiger partial charge in [0.05, 0.1) is 6.61 Å². The van der Waals surface area contributed by atoms with Gasteiger partial charge < -0.3 is 9.47 Å². The number of amides is 1. The van der Waals surface area contributed by atoms with Gasteiger partial charge in [-0.1, -0.05) is 12.1 Å². The molecule has 28 heavy (non-hydrogen) atoms. The highest BCUT2D eigenvalue weighted by molar-refractivity contribution is 7.15. The summed E-state index contributed by atoms with van der Waals surface area (Å²) < 4.78 is 24.1. The number of hydrogen-bond donors (Lipinski definition) is 1. The number of carbonyl (C=O) groups excluding carboxylic acids is 1. The van der Waals surface area contributed by atoms with E-state index in [9.17, 15) is 9.18 Å². The van der Waals surface area contributed by atoms with Gasteiger partial charge in [0.1, 0.15) is 18.0 Å². The van der Waals surface area contributed by atoms with Crippen LogP contribution in [0.15, 0.2) is 42.7 Å². The predicted octanol–water partition coefficient (Wildman–Crippen LogP) is 3.85. The molecule has 0 saturated carbocycles. The fraction of sp³-hybridized carbons (Fsp3) is 0.250. The number of aryl methyl sites for hydroxylation is 1. The molecule has 1 N–H and O–H groups in total. The van der Waals surface area contributed by atoms with Crippen LogP contribution in [0.4, 0.5) is 9.52 Å². The van der Waals surface area contributed by atoms with Gasteiger partial charge >= 0.3 is 0 Å². The molecule has 146 valence electrons. The summed E-state index contributed by atoms with van der Waals surface area (Å²) in [6, 6.07) is 8.45. The summed E-state index contributed by atoms with van der Waals surface area (Å²) in [6.07, 6.45) is 3.78. The second-order valence-corrected chi connectivity index (χ2v) is 7.16. The molecule has 8 heteroatoms. The molecule has 0 bridgehead atoms. The molecule has 0 fully saturated rings. The van der Waals surface area contributed by atoms with E-state index in [1.807, 2.05) is 6.07 Å². The fourth-order valence-corrected chi connectivity index (χ4v) is 3.30. The topological polar surface area (TPSA) is 73.3 Å². The first-order chi connectivity index (χ1) is 13.6. The maximum absolute atomic E-state index is 13.7. The first kappa shape index (κ1) is 19.9. The van der Waals surface area contributed by atoms with Crippen LogP contribution >= 0.6 is 11.3 Å². The van der Waals surface area contributed by atoms with Gasteiger partial charge in [-0.05, 0) is 36.2 Å². The van der Waals surface area contributed by atoms with Crippen LogP contribution in [0.5, 0.6) is 5.88 Å². The van der Waals surface area contributed by atoms with Crippen LogP contribution in [0.25, 0.3) is 0 Å². The molecule has 0 spiro atoms. The number of nitrogens with zero attached hydrogens (tertiary/aromatic N) is 2. The number of halogens is 1. The van der Waals surface area contributed by atoms with Gasteiger partial charge in [-0.15, -0.1) is 11.3 Å². The standard InChI is InChI=1S/C20H20FN3O3S/c1-13-5-6-14(11-17(13)21)10-15-12-23-20(28-15)24-18(25)16-4-3-7-22-19(16)27-9-8-26-2/h3-7,11-12H,8-10H2,1-2H3,(H,23,24,25). The van der Waals surface area contributed by atoms with Crippen LogP contribution in [0, 0.1) is 12.7 Å². The average Bonchev–Trinajstić information content (AvgIpc) is 3.12. The Balaban J connectivity index is 1.66. The van der Waals surface area contributed by atoms with Crippen molar-refractivity contribution in [1.29, 1.82) is 0 Å². The Labute approximate surface area is 166 Å². The van der Waals surface area contributed by atoms with Crippen LogP contribution in [0.3, 0.4) is 0 Å². The summed E-state index contributed by atoms with van der Waals surface area (Å²) in [5, 5.41) is 3.22. The smallest absolute Gasteiger partial charge is 0.262 e. The highest BCUT2D eigenvalue weighted by Gasteiger charge is 2.15. The van der Waals surface area contributed by atoms with Crippen molar-refractivity contribution in [2.45, 2.75) is 13.3 Å². The second-order valence-electron chi connectivity index (χ2n) is 6.04. The number of rotatable bonds is 8. The maximum atomic E-state index is 13.7. The number of methoxy groups -OCH3 is 1. The monoisotopic (exact) mass is 401 g/mol. The van der Waals surface area contributed by atoms with Gasteiger partial charge in [-0.3, -0.25) is 10.1 Å². The zero-order chi connectivity index (χ0) is 19.9. The average molecular weight is 401 g/mol. The number of nitrogens with one attached hydrogen (secondary N) is 1. The van der Waals surface area contributed by atoms with Crippen molar-refractivity contribution in [3.63, 3.8) is 0 Å². The third-order valence-corrected chi connectivity index (χ3v) is 4.84. The number of aromatic nitrogens is 2. The molecule has 0 saturated heterocycles. The fourth-order valence-electron chi connectivity index (χ4n) is 2.46. The SMILES string of the molecule is COCCOc1ncccc1C(=O)Nc1ncc(Cc2ccc(C)c(F)c2)s1. The Hall–Kier alpha value is -2.84. The van der Waals surface area contributed by atoms with Crippen molar-refractivity contribution in [1.82, 2.24) is 9.97 Å². The van der Waals surface area contributed by atoms with E-state index >= 15 is 0 Å². The molecule has 0 atom stereocenters. The number of benzene rings is 1. The van der Waals surface area contributed by atoms with E-state index in [4.69, 9.17) is 9.47 Å². The van der Waals surface area contributed by atoms with Crippen LogP contribution < -0.4 is 10.1 Å². The quantitative estimate of drug-likeness (QED) is 0.581. The van der Waals surface area contributed by atoms with Crippen LogP contribution in [-0.4, -0.2) is 36.2 Å². The van der Waals surface area contributed by atoms with Crippen LogP contribution in [0.2, 0.25) is 0 Å². The van der Waals surface area contributed by atoms with E-state index in [2.05, 4.69) is 15.3 Å². The number of pyridine rings is 1. The van der Waals surface area contributed by atoms with Gasteiger partial charge in [-0.25, -0.2) is 14.4 Å². The Bertz CT molecular complexity index is 961. The van der Waals surface area contributed by atoms with Gasteiger partial charge in [0.25, 0.3) is 5.91 Å². The molecule has 2 aromatic heterocycles. The molecule has 2 heterocycles. The van der Waals surface area contributed by atoms with Crippen molar-refractivity contribution in [2.24, 2.45) is 0 Å². The van der Waals surface area contributed by atoms with Crippen LogP contribution in [0.1, 0.15) is 26.4 Å². The molecule has 3 aromatic rings. The van der Waals surface area contributed by atoms with E-state index in [0.717, 1.165) is 10.4 Å². The minimum Gasteiger partial charge on any atom is -0.475 e. The Morgan fingerprint density at radius 3 is 2.89 bits per heavy atom. The molecule has 1 aromatic carbocycles. The molecule has 1 amide bonds. The predicted molar refractivity (Wildman–Crippen MR) is 106 cm³/mol. The molecule has 0 unspecified atom stereocenters. The molecule has 6 nitrogen and oxygen atoms in total. The first-order valence-corrected chi connectivity index (χ1v) is 9.46. The highest BCUT2D eigenvalue weighted by atomic mass is 32.1. The van der Waals surface area contributed by atoms with E-state index in [-0.39, 0.29) is 17.6 Å². The van der Waals surface area contributed by atoms with Gasteiger partial charge in [0.15, 0.2) is 5.13 Å².